The van der Waals surface area contributed by atoms with E-state index in [0.717, 1.165) is 13.1 Å². The van der Waals surface area contributed by atoms with E-state index in [-0.39, 0.29) is 5.37 Å². The standard InChI is InChI=1S/C13H13ClN2OS/c14-13(17)16-7-5-15(6-8-16)11-2-1-3-12-10(11)4-9-18-12/h1-4,9H,5-8H2. The number of fused-ring (bicyclic) bond motifs is 1. The van der Waals surface area contributed by atoms with E-state index in [4.69, 9.17) is 11.6 Å². The second kappa shape index (κ2) is 4.78. The maximum atomic E-state index is 11.1. The number of carbonyl (C=O) groups is 1. The van der Waals surface area contributed by atoms with Crippen LogP contribution in [0.5, 0.6) is 0 Å². The van der Waals surface area contributed by atoms with Crippen LogP contribution < -0.4 is 4.90 Å². The van der Waals surface area contributed by atoms with Gasteiger partial charge in [0.15, 0.2) is 0 Å². The Labute approximate surface area is 115 Å². The summed E-state index contributed by atoms with van der Waals surface area (Å²) in [6, 6.07) is 8.54. The fourth-order valence-electron chi connectivity index (χ4n) is 2.38. The van der Waals surface area contributed by atoms with Crippen molar-refractivity contribution in [2.45, 2.75) is 0 Å². The molecule has 0 spiro atoms. The maximum Gasteiger partial charge on any atom is 0.316 e. The summed E-state index contributed by atoms with van der Waals surface area (Å²) in [5.41, 5.74) is 1.26. The average molecular weight is 281 g/mol. The zero-order valence-electron chi connectivity index (χ0n) is 9.80. The van der Waals surface area contributed by atoms with E-state index in [0.29, 0.717) is 13.1 Å². The molecular formula is C13H13ClN2OS. The van der Waals surface area contributed by atoms with Crippen LogP contribution in [0.4, 0.5) is 10.5 Å². The topological polar surface area (TPSA) is 23.6 Å². The lowest BCUT2D eigenvalue weighted by molar-refractivity contribution is 0.218. The van der Waals surface area contributed by atoms with Gasteiger partial charge in [0.1, 0.15) is 0 Å². The molecule has 0 aliphatic carbocycles. The summed E-state index contributed by atoms with van der Waals surface area (Å²) in [4.78, 5) is 15.1. The molecule has 1 amide bonds. The molecule has 0 radical (unpaired) electrons. The molecule has 3 rings (SSSR count). The highest BCUT2D eigenvalue weighted by molar-refractivity contribution is 7.17. The first-order chi connectivity index (χ1) is 8.75. The van der Waals surface area contributed by atoms with Crippen LogP contribution >= 0.6 is 22.9 Å². The summed E-state index contributed by atoms with van der Waals surface area (Å²) >= 11 is 7.26. The highest BCUT2D eigenvalue weighted by Crippen LogP contribution is 2.31. The van der Waals surface area contributed by atoms with Crippen molar-refractivity contribution in [2.24, 2.45) is 0 Å². The fourth-order valence-corrected chi connectivity index (χ4v) is 3.35. The van der Waals surface area contributed by atoms with E-state index in [1.807, 2.05) is 0 Å². The molecule has 1 aromatic heterocycles. The predicted molar refractivity (Wildman–Crippen MR) is 76.9 cm³/mol. The smallest absolute Gasteiger partial charge is 0.316 e. The van der Waals surface area contributed by atoms with Crippen LogP contribution in [-0.2, 0) is 0 Å². The molecule has 1 aromatic carbocycles. The zero-order valence-corrected chi connectivity index (χ0v) is 11.4. The molecule has 1 aliphatic heterocycles. The molecular weight excluding hydrogens is 268 g/mol. The molecule has 1 fully saturated rings. The van der Waals surface area contributed by atoms with Crippen LogP contribution in [0.25, 0.3) is 10.1 Å². The van der Waals surface area contributed by atoms with Crippen molar-refractivity contribution < 1.29 is 4.79 Å². The number of anilines is 1. The summed E-state index contributed by atoms with van der Waals surface area (Å²) in [5, 5.41) is 3.07. The molecule has 94 valence electrons. The summed E-state index contributed by atoms with van der Waals surface area (Å²) in [5.74, 6) is 0. The second-order valence-electron chi connectivity index (χ2n) is 4.34. The van der Waals surface area contributed by atoms with Gasteiger partial charge in [-0.1, -0.05) is 6.07 Å². The van der Waals surface area contributed by atoms with Crippen LogP contribution in [0.3, 0.4) is 0 Å². The van der Waals surface area contributed by atoms with Crippen molar-refractivity contribution >= 4 is 44.1 Å². The number of hydrogen-bond donors (Lipinski definition) is 0. The van der Waals surface area contributed by atoms with Gasteiger partial charge in [-0.15, -0.1) is 11.3 Å². The van der Waals surface area contributed by atoms with Crippen molar-refractivity contribution in [3.05, 3.63) is 29.6 Å². The van der Waals surface area contributed by atoms with E-state index in [1.165, 1.54) is 15.8 Å². The average Bonchev–Trinajstić information content (AvgIpc) is 2.87. The third kappa shape index (κ3) is 2.06. The van der Waals surface area contributed by atoms with Gasteiger partial charge in [0.25, 0.3) is 0 Å². The van der Waals surface area contributed by atoms with E-state index in [1.54, 1.807) is 16.2 Å². The van der Waals surface area contributed by atoms with Gasteiger partial charge in [-0.05, 0) is 35.2 Å². The maximum absolute atomic E-state index is 11.1. The Bertz CT molecular complexity index is 575. The molecule has 0 atom stereocenters. The summed E-state index contributed by atoms with van der Waals surface area (Å²) in [7, 11) is 0. The number of piperazine rings is 1. The Morgan fingerprint density at radius 2 is 1.94 bits per heavy atom. The molecule has 2 heterocycles. The van der Waals surface area contributed by atoms with E-state index in [9.17, 15) is 4.79 Å². The van der Waals surface area contributed by atoms with Crippen LogP contribution in [0, 0.1) is 0 Å². The van der Waals surface area contributed by atoms with Crippen molar-refractivity contribution in [1.82, 2.24) is 4.90 Å². The number of carbonyl (C=O) groups excluding carboxylic acids is 1. The Morgan fingerprint density at radius 1 is 1.17 bits per heavy atom. The van der Waals surface area contributed by atoms with Crippen molar-refractivity contribution in [2.75, 3.05) is 31.1 Å². The first kappa shape index (κ1) is 11.8. The number of benzene rings is 1. The first-order valence-corrected chi connectivity index (χ1v) is 7.17. The lowest BCUT2D eigenvalue weighted by Crippen LogP contribution is -2.47. The van der Waals surface area contributed by atoms with Crippen LogP contribution in [0.1, 0.15) is 0 Å². The van der Waals surface area contributed by atoms with Gasteiger partial charge in [-0.2, -0.15) is 0 Å². The number of hydrogen-bond acceptors (Lipinski definition) is 3. The fraction of sp³-hybridized carbons (Fsp3) is 0.308. The van der Waals surface area contributed by atoms with Gasteiger partial charge >= 0.3 is 5.37 Å². The highest BCUT2D eigenvalue weighted by Gasteiger charge is 2.20. The van der Waals surface area contributed by atoms with Gasteiger partial charge in [-0.25, -0.2) is 0 Å². The third-order valence-corrected chi connectivity index (χ3v) is 4.46. The minimum atomic E-state index is -0.344. The van der Waals surface area contributed by atoms with Crippen LogP contribution in [-0.4, -0.2) is 36.4 Å². The summed E-state index contributed by atoms with van der Waals surface area (Å²) in [6.45, 7) is 3.08. The van der Waals surface area contributed by atoms with Crippen molar-refractivity contribution in [1.29, 1.82) is 0 Å². The molecule has 2 aromatic rings. The summed E-state index contributed by atoms with van der Waals surface area (Å²) in [6.07, 6.45) is 0. The third-order valence-electron chi connectivity index (χ3n) is 3.34. The van der Waals surface area contributed by atoms with E-state index in [2.05, 4.69) is 34.5 Å². The molecule has 0 saturated carbocycles. The Balaban J connectivity index is 1.84. The largest absolute Gasteiger partial charge is 0.367 e. The SMILES string of the molecule is O=C(Cl)N1CCN(c2cccc3sccc23)CC1. The first-order valence-electron chi connectivity index (χ1n) is 5.91. The van der Waals surface area contributed by atoms with Crippen LogP contribution in [0.15, 0.2) is 29.6 Å². The Hall–Kier alpha value is -1.26. The second-order valence-corrected chi connectivity index (χ2v) is 5.61. The quantitative estimate of drug-likeness (QED) is 0.591. The Kier molecular flexibility index (Phi) is 3.14. The number of halogens is 1. The minimum Gasteiger partial charge on any atom is -0.367 e. The number of nitrogens with zero attached hydrogens (tertiary/aromatic N) is 2. The van der Waals surface area contributed by atoms with Gasteiger partial charge < -0.3 is 9.80 Å². The van der Waals surface area contributed by atoms with Crippen molar-refractivity contribution in [3.8, 4) is 0 Å². The number of amides is 1. The zero-order chi connectivity index (χ0) is 12.5. The van der Waals surface area contributed by atoms with E-state index < -0.39 is 0 Å². The molecule has 5 heteroatoms. The monoisotopic (exact) mass is 280 g/mol. The number of thiophene rings is 1. The van der Waals surface area contributed by atoms with Crippen molar-refractivity contribution in [3.63, 3.8) is 0 Å². The molecule has 0 unspecified atom stereocenters. The Morgan fingerprint density at radius 3 is 2.67 bits per heavy atom. The van der Waals surface area contributed by atoms with Gasteiger partial charge in [0, 0.05) is 42.0 Å². The molecule has 0 bridgehead atoms. The molecule has 0 N–H and O–H groups in total. The summed E-state index contributed by atoms with van der Waals surface area (Å²) < 4.78 is 1.31. The number of rotatable bonds is 1. The normalized spacial score (nSPS) is 16.3. The van der Waals surface area contributed by atoms with Gasteiger partial charge in [-0.3, -0.25) is 4.79 Å². The lowest BCUT2D eigenvalue weighted by atomic mass is 10.2. The predicted octanol–water partition coefficient (Wildman–Crippen LogP) is 3.38. The van der Waals surface area contributed by atoms with E-state index >= 15 is 0 Å². The molecule has 18 heavy (non-hydrogen) atoms. The van der Waals surface area contributed by atoms with Gasteiger partial charge in [0.05, 0.1) is 0 Å². The van der Waals surface area contributed by atoms with Crippen LogP contribution in [0.2, 0.25) is 0 Å². The minimum absolute atomic E-state index is 0.344. The highest BCUT2D eigenvalue weighted by atomic mass is 35.5. The molecule has 1 saturated heterocycles. The lowest BCUT2D eigenvalue weighted by Gasteiger charge is -2.35. The molecule has 1 aliphatic rings. The molecule has 3 nitrogen and oxygen atoms in total. The van der Waals surface area contributed by atoms with Gasteiger partial charge in [0.2, 0.25) is 0 Å².